The minimum absolute atomic E-state index is 0.549. The Bertz CT molecular complexity index is 828. The highest BCUT2D eigenvalue weighted by Gasteiger charge is 2.14. The van der Waals surface area contributed by atoms with Gasteiger partial charge in [0.15, 0.2) is 5.11 Å². The smallest absolute Gasteiger partial charge is 0.194 e. The van der Waals surface area contributed by atoms with Crippen LogP contribution >= 0.6 is 23.6 Å². The molecule has 0 aliphatic rings. The van der Waals surface area contributed by atoms with Crippen LogP contribution in [0.15, 0.2) is 36.8 Å². The Morgan fingerprint density at radius 3 is 3.04 bits per heavy atom. The lowest BCUT2D eigenvalue weighted by atomic mass is 10.3. The van der Waals surface area contributed by atoms with Crippen LogP contribution < -0.4 is 5.32 Å². The van der Waals surface area contributed by atoms with Crippen LogP contribution in [0.5, 0.6) is 0 Å². The van der Waals surface area contributed by atoms with E-state index in [1.54, 1.807) is 29.3 Å². The number of hydrogen-bond donors (Lipinski definition) is 1. The topological polar surface area (TPSA) is 64.9 Å². The number of thiazole rings is 1. The third-order valence-electron chi connectivity index (χ3n) is 3.32. The van der Waals surface area contributed by atoms with E-state index in [1.165, 1.54) is 0 Å². The highest BCUT2D eigenvalue weighted by atomic mass is 32.1. The van der Waals surface area contributed by atoms with Gasteiger partial charge in [-0.15, -0.1) is 11.3 Å². The molecule has 0 amide bonds. The summed E-state index contributed by atoms with van der Waals surface area (Å²) in [4.78, 5) is 9.82. The Labute approximate surface area is 149 Å². The van der Waals surface area contributed by atoms with E-state index in [9.17, 15) is 0 Å². The van der Waals surface area contributed by atoms with Crippen molar-refractivity contribution in [3.63, 3.8) is 0 Å². The maximum Gasteiger partial charge on any atom is 0.194 e. The summed E-state index contributed by atoms with van der Waals surface area (Å²) in [7, 11) is 1.66. The second-order valence-corrected chi connectivity index (χ2v) is 6.43. The molecule has 1 N–H and O–H groups in total. The molecule has 3 aromatic heterocycles. The van der Waals surface area contributed by atoms with Gasteiger partial charge in [-0.05, 0) is 37.3 Å². The first-order valence-electron chi connectivity index (χ1n) is 7.40. The van der Waals surface area contributed by atoms with Crippen LogP contribution in [0.3, 0.4) is 0 Å². The van der Waals surface area contributed by atoms with Gasteiger partial charge >= 0.3 is 0 Å². The molecule has 0 radical (unpaired) electrons. The van der Waals surface area contributed by atoms with E-state index in [2.05, 4.69) is 20.4 Å². The van der Waals surface area contributed by atoms with E-state index in [-0.39, 0.29) is 0 Å². The Kier molecular flexibility index (Phi) is 5.29. The van der Waals surface area contributed by atoms with Crippen LogP contribution in [0.4, 0.5) is 0 Å². The van der Waals surface area contributed by atoms with Crippen molar-refractivity contribution < 1.29 is 4.74 Å². The number of nitrogens with zero attached hydrogens (tertiary/aromatic N) is 4. The minimum atomic E-state index is 0.549. The summed E-state index contributed by atoms with van der Waals surface area (Å²) in [6, 6.07) is 5.85. The molecule has 3 heterocycles. The molecule has 24 heavy (non-hydrogen) atoms. The zero-order valence-electron chi connectivity index (χ0n) is 13.4. The highest BCUT2D eigenvalue weighted by molar-refractivity contribution is 7.80. The fourth-order valence-corrected chi connectivity index (χ4v) is 3.37. The number of rotatable bonds is 5. The molecule has 0 aliphatic carbocycles. The Morgan fingerprint density at radius 1 is 1.42 bits per heavy atom. The van der Waals surface area contributed by atoms with Gasteiger partial charge in [-0.3, -0.25) is 4.98 Å². The number of pyridine rings is 1. The first-order valence-corrected chi connectivity index (χ1v) is 8.62. The average molecular weight is 359 g/mol. The molecule has 3 aromatic rings. The molecule has 0 atom stereocenters. The van der Waals surface area contributed by atoms with Crippen LogP contribution in [0.2, 0.25) is 0 Å². The lowest BCUT2D eigenvalue weighted by Crippen LogP contribution is -2.31. The summed E-state index contributed by atoms with van der Waals surface area (Å²) in [5, 5.41) is 9.14. The molecule has 0 spiro atoms. The molecule has 0 aliphatic heterocycles. The first kappa shape index (κ1) is 16.7. The van der Waals surface area contributed by atoms with Crippen LogP contribution in [-0.4, -0.2) is 45.1 Å². The monoisotopic (exact) mass is 359 g/mol. The molecule has 0 fully saturated rings. The second-order valence-electron chi connectivity index (χ2n) is 5.05. The van der Waals surface area contributed by atoms with E-state index in [1.807, 2.05) is 37.5 Å². The van der Waals surface area contributed by atoms with Crippen LogP contribution in [0.25, 0.3) is 21.1 Å². The van der Waals surface area contributed by atoms with E-state index >= 15 is 0 Å². The molecular weight excluding hydrogens is 342 g/mol. The fourth-order valence-electron chi connectivity index (χ4n) is 2.15. The molecule has 0 saturated heterocycles. The van der Waals surface area contributed by atoms with Gasteiger partial charge in [0.1, 0.15) is 10.7 Å². The lowest BCUT2D eigenvalue weighted by Gasteiger charge is -2.06. The van der Waals surface area contributed by atoms with Crippen LogP contribution in [0, 0.1) is 6.92 Å². The zero-order valence-corrected chi connectivity index (χ0v) is 15.0. The summed E-state index contributed by atoms with van der Waals surface area (Å²) < 4.78 is 6.66. The van der Waals surface area contributed by atoms with Gasteiger partial charge < -0.3 is 10.1 Å². The summed E-state index contributed by atoms with van der Waals surface area (Å²) >= 11 is 6.93. The van der Waals surface area contributed by atoms with Crippen molar-refractivity contribution in [1.82, 2.24) is 25.1 Å². The van der Waals surface area contributed by atoms with Gasteiger partial charge in [0.25, 0.3) is 0 Å². The summed E-state index contributed by atoms with van der Waals surface area (Å²) in [5.41, 5.74) is 2.81. The van der Waals surface area contributed by atoms with E-state index in [0.29, 0.717) is 18.3 Å². The minimum Gasteiger partial charge on any atom is -0.383 e. The Balaban J connectivity index is 1.80. The summed E-state index contributed by atoms with van der Waals surface area (Å²) in [6.07, 6.45) is 5.42. The van der Waals surface area contributed by atoms with Gasteiger partial charge in [0.05, 0.1) is 17.2 Å². The SMILES string of the molecule is COCCNC(=S)n1ccc(-c2sc(-c3cccnc3)nc2C)n1. The van der Waals surface area contributed by atoms with Crippen molar-refractivity contribution in [2.24, 2.45) is 0 Å². The number of hydrogen-bond acceptors (Lipinski definition) is 6. The van der Waals surface area contributed by atoms with E-state index in [0.717, 1.165) is 26.8 Å². The number of nitrogens with one attached hydrogen (secondary N) is 1. The molecule has 0 saturated carbocycles. The quantitative estimate of drug-likeness (QED) is 0.558. The largest absolute Gasteiger partial charge is 0.383 e. The Morgan fingerprint density at radius 2 is 2.29 bits per heavy atom. The van der Waals surface area contributed by atoms with Crippen molar-refractivity contribution in [2.75, 3.05) is 20.3 Å². The van der Waals surface area contributed by atoms with E-state index in [4.69, 9.17) is 17.0 Å². The maximum absolute atomic E-state index is 5.33. The molecular formula is C16H17N5OS2. The number of aryl methyl sites for hydroxylation is 1. The van der Waals surface area contributed by atoms with Crippen LogP contribution in [-0.2, 0) is 4.74 Å². The average Bonchev–Trinajstić information content (AvgIpc) is 3.22. The van der Waals surface area contributed by atoms with Crippen molar-refractivity contribution in [1.29, 1.82) is 0 Å². The van der Waals surface area contributed by atoms with Crippen molar-refractivity contribution in [3.05, 3.63) is 42.5 Å². The predicted molar refractivity (Wildman–Crippen MR) is 99.2 cm³/mol. The molecule has 6 nitrogen and oxygen atoms in total. The Hall–Kier alpha value is -2.16. The fraction of sp³-hybridized carbons (Fsp3) is 0.250. The van der Waals surface area contributed by atoms with Gasteiger partial charge in [0.2, 0.25) is 0 Å². The molecule has 124 valence electrons. The van der Waals surface area contributed by atoms with Gasteiger partial charge in [0, 0.05) is 37.8 Å². The molecule has 0 unspecified atom stereocenters. The highest BCUT2D eigenvalue weighted by Crippen LogP contribution is 2.33. The molecule has 0 bridgehead atoms. The van der Waals surface area contributed by atoms with Crippen molar-refractivity contribution in [3.8, 4) is 21.1 Å². The number of thiocarbonyl (C=S) groups is 1. The molecule has 3 rings (SSSR count). The number of ether oxygens (including phenoxy) is 1. The third-order valence-corrected chi connectivity index (χ3v) is 4.88. The maximum atomic E-state index is 5.33. The number of methoxy groups -OCH3 is 1. The summed E-state index contributed by atoms with van der Waals surface area (Å²) in [6.45, 7) is 3.23. The van der Waals surface area contributed by atoms with Crippen LogP contribution in [0.1, 0.15) is 5.69 Å². The first-order chi connectivity index (χ1) is 11.7. The lowest BCUT2D eigenvalue weighted by molar-refractivity contribution is 0.204. The zero-order chi connectivity index (χ0) is 16.9. The predicted octanol–water partition coefficient (Wildman–Crippen LogP) is 2.75. The van der Waals surface area contributed by atoms with Gasteiger partial charge in [-0.25, -0.2) is 9.67 Å². The molecule has 0 aromatic carbocycles. The standard InChI is InChI=1S/C16H17N5OS2/c1-11-14(24-15(19-11)12-4-3-6-17-10-12)13-5-8-21(20-13)16(23)18-7-9-22-2/h3-6,8,10H,7,9H2,1-2H3,(H,18,23). The van der Waals surface area contributed by atoms with Crippen molar-refractivity contribution in [2.45, 2.75) is 6.92 Å². The van der Waals surface area contributed by atoms with E-state index < -0.39 is 0 Å². The second kappa shape index (κ2) is 7.61. The number of aromatic nitrogens is 4. The third kappa shape index (κ3) is 3.66. The normalized spacial score (nSPS) is 10.8. The van der Waals surface area contributed by atoms with Crippen molar-refractivity contribution >= 4 is 28.7 Å². The molecule has 8 heteroatoms. The van der Waals surface area contributed by atoms with Gasteiger partial charge in [-0.1, -0.05) is 0 Å². The summed E-state index contributed by atoms with van der Waals surface area (Å²) in [5.74, 6) is 0. The van der Waals surface area contributed by atoms with Gasteiger partial charge in [-0.2, -0.15) is 5.10 Å².